The third-order valence-corrected chi connectivity index (χ3v) is 2.92. The zero-order chi connectivity index (χ0) is 16.5. The van der Waals surface area contributed by atoms with Gasteiger partial charge in [-0.05, 0) is 30.5 Å². The van der Waals surface area contributed by atoms with Gasteiger partial charge in [-0.2, -0.15) is 0 Å². The summed E-state index contributed by atoms with van der Waals surface area (Å²) in [5, 5.41) is 9.08. The number of carbonyl (C=O) groups is 3. The molecule has 1 rings (SSSR count). The molecule has 0 saturated heterocycles. The van der Waals surface area contributed by atoms with Crippen molar-refractivity contribution in [2.45, 2.75) is 20.3 Å². The minimum atomic E-state index is -0.945. The van der Waals surface area contributed by atoms with Crippen LogP contribution in [0, 0.1) is 5.92 Å². The average Bonchev–Trinajstić information content (AvgIpc) is 2.49. The van der Waals surface area contributed by atoms with Gasteiger partial charge in [0.15, 0.2) is 0 Å². The SMILES string of the molecule is CC(C)CN(CCCOc1cc(C=O)cc(C=O)c1)C(=O)O. The highest BCUT2D eigenvalue weighted by atomic mass is 16.5. The number of amides is 1. The van der Waals surface area contributed by atoms with E-state index >= 15 is 0 Å². The van der Waals surface area contributed by atoms with Gasteiger partial charge in [0.1, 0.15) is 18.3 Å². The molecule has 1 N–H and O–H groups in total. The molecule has 1 amide bonds. The van der Waals surface area contributed by atoms with Crippen molar-refractivity contribution in [3.8, 4) is 5.75 Å². The molecule has 0 aliphatic heterocycles. The third kappa shape index (κ3) is 5.95. The van der Waals surface area contributed by atoms with Crippen molar-refractivity contribution in [3.05, 3.63) is 29.3 Å². The van der Waals surface area contributed by atoms with Gasteiger partial charge >= 0.3 is 6.09 Å². The van der Waals surface area contributed by atoms with Crippen molar-refractivity contribution in [1.29, 1.82) is 0 Å². The molecule has 6 heteroatoms. The number of nitrogens with zero attached hydrogens (tertiary/aromatic N) is 1. The van der Waals surface area contributed by atoms with E-state index in [1.807, 2.05) is 13.8 Å². The van der Waals surface area contributed by atoms with Gasteiger partial charge in [-0.15, -0.1) is 0 Å². The molecule has 0 fully saturated rings. The molecule has 1 aromatic carbocycles. The maximum atomic E-state index is 11.1. The van der Waals surface area contributed by atoms with Gasteiger partial charge in [0.25, 0.3) is 0 Å². The number of carboxylic acid groups (broad SMARTS) is 1. The Labute approximate surface area is 129 Å². The highest BCUT2D eigenvalue weighted by Gasteiger charge is 2.12. The summed E-state index contributed by atoms with van der Waals surface area (Å²) in [7, 11) is 0. The zero-order valence-electron chi connectivity index (χ0n) is 12.8. The van der Waals surface area contributed by atoms with E-state index in [0.29, 0.717) is 55.6 Å². The smallest absolute Gasteiger partial charge is 0.407 e. The second-order valence-electron chi connectivity index (χ2n) is 5.40. The van der Waals surface area contributed by atoms with Crippen LogP contribution in [-0.2, 0) is 0 Å². The summed E-state index contributed by atoms with van der Waals surface area (Å²) in [5.74, 6) is 0.689. The molecular weight excluding hydrogens is 286 g/mol. The Balaban J connectivity index is 2.51. The Morgan fingerprint density at radius 3 is 2.27 bits per heavy atom. The summed E-state index contributed by atoms with van der Waals surface area (Å²) in [6, 6.07) is 4.56. The Hall–Kier alpha value is -2.37. The van der Waals surface area contributed by atoms with Crippen molar-refractivity contribution in [1.82, 2.24) is 4.90 Å². The lowest BCUT2D eigenvalue weighted by Crippen LogP contribution is -2.34. The number of rotatable bonds is 9. The van der Waals surface area contributed by atoms with Crippen LogP contribution in [0.3, 0.4) is 0 Å². The van der Waals surface area contributed by atoms with E-state index < -0.39 is 6.09 Å². The molecule has 0 spiro atoms. The predicted octanol–water partition coefficient (Wildman–Crippen LogP) is 2.72. The molecule has 1 aromatic rings. The molecular formula is C16H21NO5. The van der Waals surface area contributed by atoms with Gasteiger partial charge in [-0.3, -0.25) is 9.59 Å². The Morgan fingerprint density at radius 1 is 1.23 bits per heavy atom. The first-order valence-electron chi connectivity index (χ1n) is 7.12. The molecule has 0 heterocycles. The fraction of sp³-hybridized carbons (Fsp3) is 0.438. The molecule has 0 aliphatic rings. The molecule has 0 aliphatic carbocycles. The molecule has 0 atom stereocenters. The van der Waals surface area contributed by atoms with E-state index in [0.717, 1.165) is 0 Å². The highest BCUT2D eigenvalue weighted by molar-refractivity contribution is 5.83. The van der Waals surface area contributed by atoms with E-state index in [1.54, 1.807) is 12.1 Å². The number of hydrogen-bond donors (Lipinski definition) is 1. The number of benzene rings is 1. The van der Waals surface area contributed by atoms with Crippen LogP contribution in [0.4, 0.5) is 4.79 Å². The quantitative estimate of drug-likeness (QED) is 0.560. The Kier molecular flexibility index (Phi) is 7.08. The normalized spacial score (nSPS) is 10.3. The monoisotopic (exact) mass is 307 g/mol. The summed E-state index contributed by atoms with van der Waals surface area (Å²) in [6.07, 6.45) is 0.879. The third-order valence-electron chi connectivity index (χ3n) is 2.92. The van der Waals surface area contributed by atoms with Crippen molar-refractivity contribution in [3.63, 3.8) is 0 Å². The van der Waals surface area contributed by atoms with Crippen LogP contribution in [0.2, 0.25) is 0 Å². The lowest BCUT2D eigenvalue weighted by atomic mass is 10.1. The average molecular weight is 307 g/mol. The topological polar surface area (TPSA) is 83.9 Å². The molecule has 0 saturated carbocycles. The van der Waals surface area contributed by atoms with Gasteiger partial charge in [-0.1, -0.05) is 13.8 Å². The van der Waals surface area contributed by atoms with Crippen molar-refractivity contribution < 1.29 is 24.2 Å². The minimum Gasteiger partial charge on any atom is -0.493 e. The predicted molar refractivity (Wildman–Crippen MR) is 81.8 cm³/mol. The maximum absolute atomic E-state index is 11.1. The van der Waals surface area contributed by atoms with Crippen LogP contribution in [0.1, 0.15) is 41.0 Å². The number of hydrogen-bond acceptors (Lipinski definition) is 4. The second kappa shape index (κ2) is 8.81. The van der Waals surface area contributed by atoms with E-state index in [1.165, 1.54) is 11.0 Å². The molecule has 6 nitrogen and oxygen atoms in total. The van der Waals surface area contributed by atoms with E-state index in [-0.39, 0.29) is 5.92 Å². The van der Waals surface area contributed by atoms with E-state index in [4.69, 9.17) is 9.84 Å². The summed E-state index contributed by atoms with van der Waals surface area (Å²) in [6.45, 7) is 5.08. The minimum absolute atomic E-state index is 0.261. The summed E-state index contributed by atoms with van der Waals surface area (Å²) < 4.78 is 5.49. The van der Waals surface area contributed by atoms with Gasteiger partial charge in [-0.25, -0.2) is 4.79 Å². The highest BCUT2D eigenvalue weighted by Crippen LogP contribution is 2.15. The van der Waals surface area contributed by atoms with Gasteiger partial charge in [0.05, 0.1) is 6.61 Å². The standard InChI is InChI=1S/C16H21NO5/c1-12(2)9-17(16(20)21)4-3-5-22-15-7-13(10-18)6-14(8-15)11-19/h6-8,10-12H,3-5,9H2,1-2H3,(H,20,21). The van der Waals surface area contributed by atoms with Crippen LogP contribution < -0.4 is 4.74 Å². The molecule has 0 radical (unpaired) electrons. The lowest BCUT2D eigenvalue weighted by molar-refractivity contribution is 0.112. The molecule has 0 unspecified atom stereocenters. The van der Waals surface area contributed by atoms with Crippen molar-refractivity contribution in [2.75, 3.05) is 19.7 Å². The number of ether oxygens (including phenoxy) is 1. The number of aldehydes is 2. The van der Waals surface area contributed by atoms with Crippen molar-refractivity contribution in [2.24, 2.45) is 5.92 Å². The van der Waals surface area contributed by atoms with E-state index in [2.05, 4.69) is 0 Å². The Bertz CT molecular complexity index is 501. The second-order valence-corrected chi connectivity index (χ2v) is 5.40. The lowest BCUT2D eigenvalue weighted by Gasteiger charge is -2.21. The van der Waals surface area contributed by atoms with Gasteiger partial charge < -0.3 is 14.7 Å². The van der Waals surface area contributed by atoms with Crippen LogP contribution in [0.25, 0.3) is 0 Å². The molecule has 22 heavy (non-hydrogen) atoms. The summed E-state index contributed by atoms with van der Waals surface area (Å²) in [4.78, 5) is 34.0. The van der Waals surface area contributed by atoms with Crippen LogP contribution in [-0.4, -0.2) is 48.4 Å². The first-order chi connectivity index (χ1) is 10.5. The summed E-state index contributed by atoms with van der Waals surface area (Å²) in [5.41, 5.74) is 0.734. The first-order valence-corrected chi connectivity index (χ1v) is 7.12. The van der Waals surface area contributed by atoms with Crippen molar-refractivity contribution >= 4 is 18.7 Å². The van der Waals surface area contributed by atoms with Crippen LogP contribution >= 0.6 is 0 Å². The molecule has 120 valence electrons. The summed E-state index contributed by atoms with van der Waals surface area (Å²) >= 11 is 0. The Morgan fingerprint density at radius 2 is 1.82 bits per heavy atom. The fourth-order valence-electron chi connectivity index (χ4n) is 2.02. The first kappa shape index (κ1) is 17.7. The molecule has 0 aromatic heterocycles. The fourth-order valence-corrected chi connectivity index (χ4v) is 2.02. The maximum Gasteiger partial charge on any atom is 0.407 e. The zero-order valence-corrected chi connectivity index (χ0v) is 12.8. The molecule has 0 bridgehead atoms. The van der Waals surface area contributed by atoms with Gasteiger partial charge in [0.2, 0.25) is 0 Å². The van der Waals surface area contributed by atoms with Crippen LogP contribution in [0.15, 0.2) is 18.2 Å². The van der Waals surface area contributed by atoms with Crippen LogP contribution in [0.5, 0.6) is 5.75 Å². The van der Waals surface area contributed by atoms with E-state index in [9.17, 15) is 14.4 Å². The number of carbonyl (C=O) groups excluding carboxylic acids is 2. The largest absolute Gasteiger partial charge is 0.493 e. The van der Waals surface area contributed by atoms with Gasteiger partial charge in [0, 0.05) is 24.2 Å².